The Balaban J connectivity index is 2.57. The van der Waals surface area contributed by atoms with Gasteiger partial charge in [-0.05, 0) is 12.1 Å². The van der Waals surface area contributed by atoms with Gasteiger partial charge in [0.1, 0.15) is 4.99 Å². The van der Waals surface area contributed by atoms with Crippen molar-refractivity contribution in [1.29, 1.82) is 0 Å². The lowest BCUT2D eigenvalue weighted by atomic mass is 10.1. The van der Waals surface area contributed by atoms with Crippen LogP contribution in [0.4, 0.5) is 8.78 Å². The number of halogens is 2. The zero-order valence-electron chi connectivity index (χ0n) is 8.36. The zero-order chi connectivity index (χ0) is 11.7. The van der Waals surface area contributed by atoms with Crippen LogP contribution >= 0.6 is 12.2 Å². The fourth-order valence-corrected chi connectivity index (χ4v) is 1.92. The number of aromatic nitrogens is 1. The van der Waals surface area contributed by atoms with Gasteiger partial charge in [0, 0.05) is 22.7 Å². The lowest BCUT2D eigenvalue weighted by molar-refractivity contribution is 0.128. The molecule has 0 saturated heterocycles. The van der Waals surface area contributed by atoms with Crippen molar-refractivity contribution in [3.63, 3.8) is 0 Å². The highest BCUT2D eigenvalue weighted by Crippen LogP contribution is 2.21. The molecule has 0 spiro atoms. The SMILES string of the molecule is NC(=S)c1cccc2c1ccn2CC(F)F. The second kappa shape index (κ2) is 4.17. The molecule has 0 bridgehead atoms. The molecule has 84 valence electrons. The quantitative estimate of drug-likeness (QED) is 0.836. The van der Waals surface area contributed by atoms with E-state index in [9.17, 15) is 8.78 Å². The van der Waals surface area contributed by atoms with Crippen molar-refractivity contribution in [3.05, 3.63) is 36.0 Å². The minimum Gasteiger partial charge on any atom is -0.389 e. The number of hydrogen-bond acceptors (Lipinski definition) is 1. The van der Waals surface area contributed by atoms with Crippen molar-refractivity contribution in [2.75, 3.05) is 0 Å². The number of nitrogens with zero attached hydrogens (tertiary/aromatic N) is 1. The minimum absolute atomic E-state index is 0.278. The number of alkyl halides is 2. The predicted molar refractivity (Wildman–Crippen MR) is 63.8 cm³/mol. The summed E-state index contributed by atoms with van der Waals surface area (Å²) in [5.74, 6) is 0. The minimum atomic E-state index is -2.37. The zero-order valence-corrected chi connectivity index (χ0v) is 9.18. The molecule has 0 saturated carbocycles. The number of fused-ring (bicyclic) bond motifs is 1. The van der Waals surface area contributed by atoms with Crippen LogP contribution in [0.3, 0.4) is 0 Å². The summed E-state index contributed by atoms with van der Waals surface area (Å²) in [6.07, 6.45) is -0.748. The van der Waals surface area contributed by atoms with Gasteiger partial charge in [0.2, 0.25) is 0 Å². The van der Waals surface area contributed by atoms with Crippen molar-refractivity contribution in [1.82, 2.24) is 4.57 Å². The van der Waals surface area contributed by atoms with Gasteiger partial charge in [0.15, 0.2) is 0 Å². The molecule has 16 heavy (non-hydrogen) atoms. The van der Waals surface area contributed by atoms with Gasteiger partial charge in [0.05, 0.1) is 6.54 Å². The highest BCUT2D eigenvalue weighted by atomic mass is 32.1. The van der Waals surface area contributed by atoms with E-state index in [0.29, 0.717) is 0 Å². The van der Waals surface area contributed by atoms with Crippen LogP contribution in [-0.4, -0.2) is 16.0 Å². The molecule has 1 aromatic heterocycles. The number of rotatable bonds is 3. The van der Waals surface area contributed by atoms with Crippen molar-refractivity contribution in [3.8, 4) is 0 Å². The van der Waals surface area contributed by atoms with Crippen LogP contribution in [0.5, 0.6) is 0 Å². The fraction of sp³-hybridized carbons (Fsp3) is 0.182. The van der Waals surface area contributed by atoms with Gasteiger partial charge in [-0.15, -0.1) is 0 Å². The fourth-order valence-electron chi connectivity index (χ4n) is 1.75. The maximum absolute atomic E-state index is 12.3. The molecule has 0 fully saturated rings. The Morgan fingerprint density at radius 1 is 1.38 bits per heavy atom. The molecule has 2 aromatic rings. The normalized spacial score (nSPS) is 11.2. The van der Waals surface area contributed by atoms with Gasteiger partial charge >= 0.3 is 0 Å². The van der Waals surface area contributed by atoms with E-state index >= 15 is 0 Å². The van der Waals surface area contributed by atoms with Gasteiger partial charge in [-0.3, -0.25) is 0 Å². The first-order chi connectivity index (χ1) is 7.59. The van der Waals surface area contributed by atoms with Crippen LogP contribution in [0.1, 0.15) is 5.56 Å². The lowest BCUT2D eigenvalue weighted by Gasteiger charge is -2.05. The van der Waals surface area contributed by atoms with E-state index in [1.165, 1.54) is 4.57 Å². The van der Waals surface area contributed by atoms with Gasteiger partial charge in [-0.1, -0.05) is 24.4 Å². The molecule has 2 nitrogen and oxygen atoms in total. The summed E-state index contributed by atoms with van der Waals surface area (Å²) in [7, 11) is 0. The Kier molecular flexibility index (Phi) is 2.87. The molecule has 0 atom stereocenters. The Labute approximate surface area is 96.7 Å². The molecule has 0 amide bonds. The van der Waals surface area contributed by atoms with Crippen LogP contribution in [0.15, 0.2) is 30.5 Å². The molecule has 1 aromatic carbocycles. The molecule has 0 radical (unpaired) electrons. The molecule has 2 N–H and O–H groups in total. The smallest absolute Gasteiger partial charge is 0.256 e. The summed E-state index contributed by atoms with van der Waals surface area (Å²) < 4.78 is 26.1. The molecule has 0 unspecified atom stereocenters. The van der Waals surface area contributed by atoms with Gasteiger partial charge < -0.3 is 10.3 Å². The summed E-state index contributed by atoms with van der Waals surface area (Å²) in [4.78, 5) is 0.278. The first kappa shape index (κ1) is 11.0. The van der Waals surface area contributed by atoms with E-state index < -0.39 is 6.43 Å². The third kappa shape index (κ3) is 1.90. The number of hydrogen-bond donors (Lipinski definition) is 1. The molecular formula is C11H10F2N2S. The number of benzene rings is 1. The Morgan fingerprint density at radius 2 is 2.12 bits per heavy atom. The second-order valence-corrected chi connectivity index (χ2v) is 3.90. The van der Waals surface area contributed by atoms with Crippen LogP contribution in [0, 0.1) is 0 Å². The molecule has 1 heterocycles. The topological polar surface area (TPSA) is 30.9 Å². The third-order valence-corrected chi connectivity index (χ3v) is 2.63. The highest BCUT2D eigenvalue weighted by Gasteiger charge is 2.10. The third-order valence-electron chi connectivity index (χ3n) is 2.41. The second-order valence-electron chi connectivity index (χ2n) is 3.46. The van der Waals surface area contributed by atoms with E-state index in [1.54, 1.807) is 30.5 Å². The standard InChI is InChI=1S/C11H10F2N2S/c12-10(13)6-15-5-4-7-8(11(14)16)2-1-3-9(7)15/h1-5,10H,6H2,(H2,14,16). The molecule has 0 aliphatic heterocycles. The molecular weight excluding hydrogens is 230 g/mol. The van der Waals surface area contributed by atoms with Crippen molar-refractivity contribution < 1.29 is 8.78 Å². The molecule has 0 aliphatic carbocycles. The lowest BCUT2D eigenvalue weighted by Crippen LogP contribution is -2.10. The number of nitrogens with two attached hydrogens (primary N) is 1. The highest BCUT2D eigenvalue weighted by molar-refractivity contribution is 7.80. The molecule has 2 rings (SSSR count). The van der Waals surface area contributed by atoms with Crippen molar-refractivity contribution in [2.24, 2.45) is 5.73 Å². The van der Waals surface area contributed by atoms with Crippen molar-refractivity contribution >= 4 is 28.1 Å². The monoisotopic (exact) mass is 240 g/mol. The first-order valence-electron chi connectivity index (χ1n) is 4.75. The summed E-state index contributed by atoms with van der Waals surface area (Å²) in [5, 5.41) is 0.815. The van der Waals surface area contributed by atoms with Crippen LogP contribution in [-0.2, 0) is 6.54 Å². The summed E-state index contributed by atoms with van der Waals surface area (Å²) >= 11 is 4.91. The maximum Gasteiger partial charge on any atom is 0.256 e. The van der Waals surface area contributed by atoms with E-state index in [0.717, 1.165) is 16.5 Å². The Morgan fingerprint density at radius 3 is 2.75 bits per heavy atom. The maximum atomic E-state index is 12.3. The van der Waals surface area contributed by atoms with E-state index in [4.69, 9.17) is 18.0 Å². The van der Waals surface area contributed by atoms with Crippen LogP contribution in [0.2, 0.25) is 0 Å². The summed E-state index contributed by atoms with van der Waals surface area (Å²) in [5.41, 5.74) is 7.01. The number of thiocarbonyl (C=S) groups is 1. The van der Waals surface area contributed by atoms with Crippen molar-refractivity contribution in [2.45, 2.75) is 13.0 Å². The van der Waals surface area contributed by atoms with Crippen LogP contribution < -0.4 is 5.73 Å². The predicted octanol–water partition coefficient (Wildman–Crippen LogP) is 2.54. The Bertz CT molecular complexity index is 534. The Hall–Kier alpha value is -1.49. The molecule has 5 heteroatoms. The first-order valence-corrected chi connectivity index (χ1v) is 5.16. The van der Waals surface area contributed by atoms with Gasteiger partial charge in [-0.2, -0.15) is 0 Å². The average Bonchev–Trinajstić information content (AvgIpc) is 2.60. The van der Waals surface area contributed by atoms with Crippen LogP contribution in [0.25, 0.3) is 10.9 Å². The van der Waals surface area contributed by atoms with E-state index in [2.05, 4.69) is 0 Å². The van der Waals surface area contributed by atoms with E-state index in [1.807, 2.05) is 0 Å². The summed E-state index contributed by atoms with van der Waals surface area (Å²) in [6.45, 7) is -0.315. The van der Waals surface area contributed by atoms with Gasteiger partial charge in [0.25, 0.3) is 6.43 Å². The summed E-state index contributed by atoms with van der Waals surface area (Å²) in [6, 6.07) is 7.09. The average molecular weight is 240 g/mol. The largest absolute Gasteiger partial charge is 0.389 e. The molecule has 0 aliphatic rings. The van der Waals surface area contributed by atoms with Gasteiger partial charge in [-0.25, -0.2) is 8.78 Å². The van der Waals surface area contributed by atoms with E-state index in [-0.39, 0.29) is 11.5 Å².